The first-order valence-corrected chi connectivity index (χ1v) is 5.53. The highest BCUT2D eigenvalue weighted by molar-refractivity contribution is 5.90. The van der Waals surface area contributed by atoms with Crippen LogP contribution >= 0.6 is 0 Å². The van der Waals surface area contributed by atoms with Gasteiger partial charge in [0, 0.05) is 19.6 Å². The van der Waals surface area contributed by atoms with Gasteiger partial charge >= 0.3 is 0 Å². The van der Waals surface area contributed by atoms with E-state index in [1.807, 2.05) is 4.90 Å². The van der Waals surface area contributed by atoms with Crippen molar-refractivity contribution in [1.29, 1.82) is 0 Å². The Bertz CT molecular complexity index is 375. The fraction of sp³-hybridized carbons (Fsp3) is 0.700. The summed E-state index contributed by atoms with van der Waals surface area (Å²) in [6, 6.07) is 0. The first kappa shape index (κ1) is 11.1. The van der Waals surface area contributed by atoms with Gasteiger partial charge in [-0.15, -0.1) is 5.10 Å². The summed E-state index contributed by atoms with van der Waals surface area (Å²) in [5.41, 5.74) is 0. The summed E-state index contributed by atoms with van der Waals surface area (Å²) in [6.45, 7) is 5.28. The van der Waals surface area contributed by atoms with Crippen molar-refractivity contribution in [3.63, 3.8) is 0 Å². The Morgan fingerprint density at radius 2 is 2.12 bits per heavy atom. The molecule has 0 aliphatic carbocycles. The van der Waals surface area contributed by atoms with E-state index in [4.69, 9.17) is 0 Å². The molecule has 0 bridgehead atoms. The number of rotatable bonds is 1. The van der Waals surface area contributed by atoms with Crippen LogP contribution in [0.1, 0.15) is 22.9 Å². The van der Waals surface area contributed by atoms with Crippen LogP contribution in [-0.4, -0.2) is 64.1 Å². The van der Waals surface area contributed by atoms with Gasteiger partial charge in [-0.1, -0.05) is 0 Å². The van der Waals surface area contributed by atoms with E-state index >= 15 is 0 Å². The van der Waals surface area contributed by atoms with Crippen molar-refractivity contribution in [2.45, 2.75) is 13.3 Å². The topological polar surface area (TPSA) is 65.1 Å². The molecular weight excluding hydrogens is 206 g/mol. The van der Waals surface area contributed by atoms with E-state index in [0.717, 1.165) is 32.6 Å². The maximum atomic E-state index is 12.0. The Labute approximate surface area is 94.6 Å². The summed E-state index contributed by atoms with van der Waals surface area (Å²) in [4.78, 5) is 20.2. The number of H-pyrrole nitrogens is 1. The lowest BCUT2D eigenvalue weighted by Gasteiger charge is -2.18. The molecule has 6 nitrogen and oxygen atoms in total. The van der Waals surface area contributed by atoms with Gasteiger partial charge < -0.3 is 9.80 Å². The summed E-state index contributed by atoms with van der Waals surface area (Å²) < 4.78 is 0. The molecule has 0 aromatic carbocycles. The molecule has 1 aromatic heterocycles. The largest absolute Gasteiger partial charge is 0.335 e. The molecule has 16 heavy (non-hydrogen) atoms. The third kappa shape index (κ3) is 2.38. The van der Waals surface area contributed by atoms with Crippen molar-refractivity contribution in [2.75, 3.05) is 33.2 Å². The minimum atomic E-state index is -0.0698. The molecule has 0 atom stereocenters. The van der Waals surface area contributed by atoms with Crippen molar-refractivity contribution in [3.05, 3.63) is 11.6 Å². The highest BCUT2D eigenvalue weighted by Crippen LogP contribution is 2.05. The van der Waals surface area contributed by atoms with Crippen LogP contribution in [0, 0.1) is 6.92 Å². The third-order valence-corrected chi connectivity index (χ3v) is 2.80. The van der Waals surface area contributed by atoms with Crippen LogP contribution in [0.25, 0.3) is 0 Å². The first-order chi connectivity index (χ1) is 7.66. The van der Waals surface area contributed by atoms with E-state index in [9.17, 15) is 4.79 Å². The summed E-state index contributed by atoms with van der Waals surface area (Å²) in [5, 5.41) is 6.59. The molecule has 1 aliphatic rings. The van der Waals surface area contributed by atoms with E-state index in [1.165, 1.54) is 0 Å². The van der Waals surface area contributed by atoms with Gasteiger partial charge in [0.15, 0.2) is 0 Å². The average Bonchev–Trinajstić information content (AvgIpc) is 2.57. The van der Waals surface area contributed by atoms with Crippen molar-refractivity contribution in [1.82, 2.24) is 25.0 Å². The second kappa shape index (κ2) is 4.61. The standard InChI is InChI=1S/C10H17N5O/c1-8-11-9(13-12-8)10(16)15-5-3-4-14(2)6-7-15/h3-7H2,1-2H3,(H,11,12,13). The Morgan fingerprint density at radius 3 is 2.81 bits per heavy atom. The number of carbonyl (C=O) groups is 1. The van der Waals surface area contributed by atoms with Crippen molar-refractivity contribution in [3.8, 4) is 0 Å². The zero-order chi connectivity index (χ0) is 11.5. The SMILES string of the molecule is Cc1nc(C(=O)N2CCCN(C)CC2)n[nH]1. The van der Waals surface area contributed by atoms with E-state index in [1.54, 1.807) is 6.92 Å². The van der Waals surface area contributed by atoms with E-state index in [-0.39, 0.29) is 11.7 Å². The van der Waals surface area contributed by atoms with Crippen LogP contribution < -0.4 is 0 Å². The summed E-state index contributed by atoms with van der Waals surface area (Å²) >= 11 is 0. The Balaban J connectivity index is 2.04. The maximum absolute atomic E-state index is 12.0. The van der Waals surface area contributed by atoms with Gasteiger partial charge in [-0.2, -0.15) is 0 Å². The number of carbonyl (C=O) groups excluding carboxylic acids is 1. The van der Waals surface area contributed by atoms with Crippen LogP contribution in [0.2, 0.25) is 0 Å². The molecular formula is C10H17N5O. The number of aromatic amines is 1. The number of amides is 1. The molecule has 88 valence electrons. The molecule has 1 saturated heterocycles. The average molecular weight is 223 g/mol. The van der Waals surface area contributed by atoms with Crippen LogP contribution in [0.15, 0.2) is 0 Å². The Morgan fingerprint density at radius 1 is 1.31 bits per heavy atom. The number of nitrogens with one attached hydrogen (secondary N) is 1. The van der Waals surface area contributed by atoms with Gasteiger partial charge in [-0.3, -0.25) is 9.89 Å². The molecule has 0 radical (unpaired) electrons. The highest BCUT2D eigenvalue weighted by atomic mass is 16.2. The summed E-state index contributed by atoms with van der Waals surface area (Å²) in [6.07, 6.45) is 1.01. The smallest absolute Gasteiger partial charge is 0.293 e. The quantitative estimate of drug-likeness (QED) is 0.721. The molecule has 2 rings (SSSR count). The third-order valence-electron chi connectivity index (χ3n) is 2.80. The molecule has 6 heteroatoms. The molecule has 1 N–H and O–H groups in total. The number of hydrogen-bond acceptors (Lipinski definition) is 4. The van der Waals surface area contributed by atoms with Crippen molar-refractivity contribution in [2.24, 2.45) is 0 Å². The number of likely N-dealkylation sites (N-methyl/N-ethyl adjacent to an activating group) is 1. The summed E-state index contributed by atoms with van der Waals surface area (Å²) in [7, 11) is 2.07. The van der Waals surface area contributed by atoms with Gasteiger partial charge in [0.25, 0.3) is 5.91 Å². The monoisotopic (exact) mass is 223 g/mol. The van der Waals surface area contributed by atoms with E-state index < -0.39 is 0 Å². The van der Waals surface area contributed by atoms with Crippen molar-refractivity contribution < 1.29 is 4.79 Å². The molecule has 1 fully saturated rings. The Hall–Kier alpha value is -1.43. The minimum absolute atomic E-state index is 0.0698. The molecule has 0 unspecified atom stereocenters. The van der Waals surface area contributed by atoms with Crippen LogP contribution in [0.4, 0.5) is 0 Å². The lowest BCUT2D eigenvalue weighted by Crippen LogP contribution is -2.35. The minimum Gasteiger partial charge on any atom is -0.335 e. The molecule has 1 amide bonds. The van der Waals surface area contributed by atoms with Gasteiger partial charge in [-0.05, 0) is 26.9 Å². The summed E-state index contributed by atoms with van der Waals surface area (Å²) in [5.74, 6) is 0.886. The predicted octanol–water partition coefficient (Wildman–Crippen LogP) is -0.109. The zero-order valence-electron chi connectivity index (χ0n) is 9.73. The molecule has 1 aromatic rings. The number of nitrogens with zero attached hydrogens (tertiary/aromatic N) is 4. The normalized spacial score (nSPS) is 18.5. The zero-order valence-corrected chi connectivity index (χ0v) is 9.73. The maximum Gasteiger partial charge on any atom is 0.293 e. The number of hydrogen-bond donors (Lipinski definition) is 1. The van der Waals surface area contributed by atoms with Gasteiger partial charge in [0.2, 0.25) is 5.82 Å². The van der Waals surface area contributed by atoms with E-state index in [0.29, 0.717) is 5.82 Å². The molecule has 2 heterocycles. The molecule has 0 spiro atoms. The second-order valence-corrected chi connectivity index (χ2v) is 4.19. The molecule has 0 saturated carbocycles. The van der Waals surface area contributed by atoms with Gasteiger partial charge in [0.1, 0.15) is 5.82 Å². The lowest BCUT2D eigenvalue weighted by atomic mass is 10.3. The predicted molar refractivity (Wildman–Crippen MR) is 59.1 cm³/mol. The fourth-order valence-electron chi connectivity index (χ4n) is 1.83. The van der Waals surface area contributed by atoms with Crippen LogP contribution in [0.3, 0.4) is 0 Å². The van der Waals surface area contributed by atoms with Gasteiger partial charge in [0.05, 0.1) is 0 Å². The van der Waals surface area contributed by atoms with Crippen LogP contribution in [0.5, 0.6) is 0 Å². The van der Waals surface area contributed by atoms with Crippen molar-refractivity contribution >= 4 is 5.91 Å². The van der Waals surface area contributed by atoms with Crippen LogP contribution in [-0.2, 0) is 0 Å². The Kier molecular flexibility index (Phi) is 3.19. The highest BCUT2D eigenvalue weighted by Gasteiger charge is 2.21. The fourth-order valence-corrected chi connectivity index (χ4v) is 1.83. The van der Waals surface area contributed by atoms with E-state index in [2.05, 4.69) is 27.1 Å². The first-order valence-electron chi connectivity index (χ1n) is 5.53. The van der Waals surface area contributed by atoms with Gasteiger partial charge in [-0.25, -0.2) is 4.98 Å². The lowest BCUT2D eigenvalue weighted by molar-refractivity contribution is 0.0751. The molecule has 1 aliphatic heterocycles. The number of aromatic nitrogens is 3. The second-order valence-electron chi connectivity index (χ2n) is 4.19. The number of aryl methyl sites for hydroxylation is 1.